The molecule has 0 heterocycles. The molecule has 0 aromatic carbocycles. The predicted octanol–water partition coefficient (Wildman–Crippen LogP) is 1.01. The summed E-state index contributed by atoms with van der Waals surface area (Å²) in [5.74, 6) is -0.873. The minimum absolute atomic E-state index is 0.00194. The Balaban J connectivity index is 1.75. The van der Waals surface area contributed by atoms with Crippen molar-refractivity contribution in [3.8, 4) is 0 Å². The Morgan fingerprint density at radius 1 is 1.00 bits per heavy atom. The van der Waals surface area contributed by atoms with Gasteiger partial charge in [0.1, 0.15) is 0 Å². The molecule has 4 nitrogen and oxygen atoms in total. The average molecular weight is 223 g/mol. The van der Waals surface area contributed by atoms with Gasteiger partial charge in [0, 0.05) is 6.04 Å². The van der Waals surface area contributed by atoms with Gasteiger partial charge in [0.15, 0.2) is 0 Å². The minimum atomic E-state index is -0.775. The zero-order valence-corrected chi connectivity index (χ0v) is 9.19. The number of hydrogen-bond donors (Lipinski definition) is 2. The number of carboxylic acids is 1. The van der Waals surface area contributed by atoms with E-state index in [2.05, 4.69) is 5.32 Å². The standard InChI is InChI=1S/C12H17NO3/c14-11(13-8-3-4-8)9-6-1-2-7(5-6)10(9)12(15)16/h6-10H,1-5H2,(H,13,14)(H,15,16)/t6-,7-,9+,10+/m0/s1. The molecule has 0 saturated heterocycles. The van der Waals surface area contributed by atoms with Crippen LogP contribution in [0, 0.1) is 23.7 Å². The quantitative estimate of drug-likeness (QED) is 0.750. The molecule has 0 spiro atoms. The van der Waals surface area contributed by atoms with Gasteiger partial charge in [0.25, 0.3) is 0 Å². The first-order valence-electron chi connectivity index (χ1n) is 6.20. The van der Waals surface area contributed by atoms with Crippen LogP contribution in [0.3, 0.4) is 0 Å². The normalized spacial score (nSPS) is 41.0. The summed E-state index contributed by atoms with van der Waals surface area (Å²) in [7, 11) is 0. The maximum Gasteiger partial charge on any atom is 0.307 e. The van der Waals surface area contributed by atoms with Gasteiger partial charge in [-0.15, -0.1) is 0 Å². The van der Waals surface area contributed by atoms with Crippen molar-refractivity contribution in [3.05, 3.63) is 0 Å². The summed E-state index contributed by atoms with van der Waals surface area (Å²) in [5, 5.41) is 12.2. The second-order valence-electron chi connectivity index (χ2n) is 5.51. The molecule has 4 heteroatoms. The number of carbonyl (C=O) groups excluding carboxylic acids is 1. The van der Waals surface area contributed by atoms with Crippen molar-refractivity contribution in [2.75, 3.05) is 0 Å². The molecular formula is C12H17NO3. The fourth-order valence-electron chi connectivity index (χ4n) is 3.55. The van der Waals surface area contributed by atoms with Crippen LogP contribution in [0.5, 0.6) is 0 Å². The SMILES string of the molecule is O=C(O)[C@@H]1[C@H]2CC[C@@H](C2)[C@H]1C(=O)NC1CC1. The largest absolute Gasteiger partial charge is 0.481 e. The van der Waals surface area contributed by atoms with E-state index >= 15 is 0 Å². The lowest BCUT2D eigenvalue weighted by Gasteiger charge is -2.27. The first kappa shape index (κ1) is 10.1. The van der Waals surface area contributed by atoms with Crippen molar-refractivity contribution in [1.29, 1.82) is 0 Å². The Hall–Kier alpha value is -1.06. The van der Waals surface area contributed by atoms with Gasteiger partial charge in [-0.05, 0) is 43.9 Å². The molecule has 0 aromatic heterocycles. The highest BCUT2D eigenvalue weighted by Crippen LogP contribution is 2.52. The first-order chi connectivity index (χ1) is 7.66. The highest BCUT2D eigenvalue weighted by atomic mass is 16.4. The molecule has 0 unspecified atom stereocenters. The van der Waals surface area contributed by atoms with Gasteiger partial charge in [-0.1, -0.05) is 0 Å². The number of hydrogen-bond acceptors (Lipinski definition) is 2. The molecule has 0 aromatic rings. The Kier molecular flexibility index (Phi) is 2.19. The summed E-state index contributed by atoms with van der Waals surface area (Å²) >= 11 is 0. The maximum atomic E-state index is 12.0. The first-order valence-corrected chi connectivity index (χ1v) is 6.20. The van der Waals surface area contributed by atoms with Gasteiger partial charge in [-0.25, -0.2) is 0 Å². The van der Waals surface area contributed by atoms with E-state index in [9.17, 15) is 14.7 Å². The second-order valence-corrected chi connectivity index (χ2v) is 5.51. The van der Waals surface area contributed by atoms with Crippen molar-refractivity contribution >= 4 is 11.9 Å². The lowest BCUT2D eigenvalue weighted by Crippen LogP contribution is -2.42. The van der Waals surface area contributed by atoms with Crippen LogP contribution in [0.4, 0.5) is 0 Å². The van der Waals surface area contributed by atoms with E-state index in [1.165, 1.54) is 0 Å². The molecule has 0 aliphatic heterocycles. The van der Waals surface area contributed by atoms with Crippen LogP contribution in [0.25, 0.3) is 0 Å². The van der Waals surface area contributed by atoms with Gasteiger partial charge >= 0.3 is 5.97 Å². The van der Waals surface area contributed by atoms with Crippen LogP contribution in [0.1, 0.15) is 32.1 Å². The Labute approximate surface area is 94.4 Å². The Morgan fingerprint density at radius 3 is 2.19 bits per heavy atom. The maximum absolute atomic E-state index is 12.0. The fraction of sp³-hybridized carbons (Fsp3) is 0.833. The van der Waals surface area contributed by atoms with Crippen molar-refractivity contribution in [2.45, 2.75) is 38.1 Å². The molecule has 0 radical (unpaired) electrons. The van der Waals surface area contributed by atoms with E-state index in [1.54, 1.807) is 0 Å². The van der Waals surface area contributed by atoms with Gasteiger partial charge in [0.05, 0.1) is 11.8 Å². The summed E-state index contributed by atoms with van der Waals surface area (Å²) in [5.41, 5.74) is 0. The van der Waals surface area contributed by atoms with E-state index in [1.807, 2.05) is 0 Å². The number of amides is 1. The molecule has 3 aliphatic rings. The van der Waals surface area contributed by atoms with E-state index in [0.717, 1.165) is 32.1 Å². The highest BCUT2D eigenvalue weighted by Gasteiger charge is 2.54. The highest BCUT2D eigenvalue weighted by molar-refractivity contribution is 5.86. The fourth-order valence-corrected chi connectivity index (χ4v) is 3.55. The van der Waals surface area contributed by atoms with Crippen molar-refractivity contribution in [2.24, 2.45) is 23.7 Å². The average Bonchev–Trinajstić information content (AvgIpc) is 2.81. The molecule has 2 bridgehead atoms. The molecular weight excluding hydrogens is 206 g/mol. The van der Waals surface area contributed by atoms with Crippen LogP contribution >= 0.6 is 0 Å². The monoisotopic (exact) mass is 223 g/mol. The van der Waals surface area contributed by atoms with Crippen LogP contribution < -0.4 is 5.32 Å². The third-order valence-corrected chi connectivity index (χ3v) is 4.43. The number of aliphatic carboxylic acids is 1. The summed E-state index contributed by atoms with van der Waals surface area (Å²) in [6.07, 6.45) is 5.10. The molecule has 3 rings (SSSR count). The molecule has 4 atom stereocenters. The predicted molar refractivity (Wildman–Crippen MR) is 56.6 cm³/mol. The molecule has 2 N–H and O–H groups in total. The lowest BCUT2D eigenvalue weighted by molar-refractivity contribution is -0.149. The van der Waals surface area contributed by atoms with Crippen molar-refractivity contribution in [3.63, 3.8) is 0 Å². The Morgan fingerprint density at radius 2 is 1.62 bits per heavy atom. The minimum Gasteiger partial charge on any atom is -0.481 e. The number of rotatable bonds is 3. The van der Waals surface area contributed by atoms with E-state index in [4.69, 9.17) is 0 Å². The summed E-state index contributed by atoms with van der Waals surface area (Å²) in [4.78, 5) is 23.3. The number of carbonyl (C=O) groups is 2. The van der Waals surface area contributed by atoms with Gasteiger partial charge in [-0.3, -0.25) is 9.59 Å². The van der Waals surface area contributed by atoms with Crippen LogP contribution in [-0.2, 0) is 9.59 Å². The number of nitrogens with one attached hydrogen (secondary N) is 1. The van der Waals surface area contributed by atoms with Crippen molar-refractivity contribution in [1.82, 2.24) is 5.32 Å². The van der Waals surface area contributed by atoms with Crippen molar-refractivity contribution < 1.29 is 14.7 Å². The molecule has 3 aliphatic carbocycles. The van der Waals surface area contributed by atoms with E-state index < -0.39 is 11.9 Å². The zero-order valence-electron chi connectivity index (χ0n) is 9.19. The van der Waals surface area contributed by atoms with Crippen LogP contribution in [0.2, 0.25) is 0 Å². The van der Waals surface area contributed by atoms with Crippen LogP contribution in [-0.4, -0.2) is 23.0 Å². The van der Waals surface area contributed by atoms with Crippen LogP contribution in [0.15, 0.2) is 0 Å². The molecule has 88 valence electrons. The lowest BCUT2D eigenvalue weighted by atomic mass is 9.78. The van der Waals surface area contributed by atoms with E-state index in [-0.39, 0.29) is 17.7 Å². The van der Waals surface area contributed by atoms with E-state index in [0.29, 0.717) is 12.0 Å². The van der Waals surface area contributed by atoms with Gasteiger partial charge < -0.3 is 10.4 Å². The topological polar surface area (TPSA) is 66.4 Å². The smallest absolute Gasteiger partial charge is 0.307 e. The third-order valence-electron chi connectivity index (χ3n) is 4.43. The molecule has 3 saturated carbocycles. The second kappa shape index (κ2) is 3.47. The molecule has 1 amide bonds. The number of carboxylic acid groups (broad SMARTS) is 1. The summed E-state index contributed by atoms with van der Waals surface area (Å²) < 4.78 is 0. The van der Waals surface area contributed by atoms with Gasteiger partial charge in [0.2, 0.25) is 5.91 Å². The number of fused-ring (bicyclic) bond motifs is 2. The third kappa shape index (κ3) is 1.51. The zero-order chi connectivity index (χ0) is 11.3. The molecule has 3 fully saturated rings. The Bertz CT molecular complexity index is 337. The molecule has 16 heavy (non-hydrogen) atoms. The van der Waals surface area contributed by atoms with Gasteiger partial charge in [-0.2, -0.15) is 0 Å². The summed E-state index contributed by atoms with van der Waals surface area (Å²) in [6, 6.07) is 0.334. The summed E-state index contributed by atoms with van der Waals surface area (Å²) in [6.45, 7) is 0.